The molecule has 0 aliphatic carbocycles. The fraction of sp³-hybridized carbons (Fsp3) is 0.235. The molecule has 1 amide bonds. The van der Waals surface area contributed by atoms with E-state index in [1.54, 1.807) is 12.1 Å². The molecule has 0 aliphatic rings. The van der Waals surface area contributed by atoms with Crippen LogP contribution in [0.2, 0.25) is 0 Å². The van der Waals surface area contributed by atoms with Crippen LogP contribution in [-0.2, 0) is 9.53 Å². The van der Waals surface area contributed by atoms with Crippen molar-refractivity contribution < 1.29 is 9.53 Å². The molecule has 0 heterocycles. The molecule has 0 radical (unpaired) electrons. The minimum atomic E-state index is -0.0629. The second kappa shape index (κ2) is 8.69. The van der Waals surface area contributed by atoms with E-state index in [2.05, 4.69) is 15.5 Å². The maximum absolute atomic E-state index is 11.6. The molecule has 0 atom stereocenters. The molecule has 2 aromatic carbocycles. The van der Waals surface area contributed by atoms with E-state index in [9.17, 15) is 4.79 Å². The van der Waals surface area contributed by atoms with Crippen molar-refractivity contribution in [2.24, 2.45) is 10.2 Å². The molecule has 0 aliphatic heterocycles. The number of ether oxygens (including phenoxy) is 1. The molecule has 0 unspecified atom stereocenters. The number of rotatable bonds is 7. The lowest BCUT2D eigenvalue weighted by Gasteiger charge is -2.05. The summed E-state index contributed by atoms with van der Waals surface area (Å²) >= 11 is 0. The summed E-state index contributed by atoms with van der Waals surface area (Å²) < 4.78 is 5.15. The Hall–Kier alpha value is -2.53. The molecular weight excluding hydrogens is 278 g/mol. The third kappa shape index (κ3) is 5.46. The number of amides is 1. The summed E-state index contributed by atoms with van der Waals surface area (Å²) in [4.78, 5) is 11.6. The molecule has 0 saturated carbocycles. The van der Waals surface area contributed by atoms with Gasteiger partial charge < -0.3 is 10.1 Å². The summed E-state index contributed by atoms with van der Waals surface area (Å²) in [5, 5.41) is 11.1. The predicted molar refractivity (Wildman–Crippen MR) is 86.8 cm³/mol. The second-order valence-electron chi connectivity index (χ2n) is 4.58. The Labute approximate surface area is 130 Å². The quantitative estimate of drug-likeness (QED) is 0.605. The van der Waals surface area contributed by atoms with Crippen LogP contribution in [0.25, 0.3) is 0 Å². The highest BCUT2D eigenvalue weighted by molar-refractivity contribution is 5.90. The number of carbonyl (C=O) groups is 1. The molecule has 2 rings (SSSR count). The number of hydrogen-bond donors (Lipinski definition) is 1. The van der Waals surface area contributed by atoms with Gasteiger partial charge in [0.05, 0.1) is 24.4 Å². The van der Waals surface area contributed by atoms with Gasteiger partial charge in [0, 0.05) is 12.3 Å². The summed E-state index contributed by atoms with van der Waals surface area (Å²) in [6.45, 7) is 2.96. The van der Waals surface area contributed by atoms with Crippen molar-refractivity contribution in [3.8, 4) is 0 Å². The maximum Gasteiger partial charge on any atom is 0.226 e. The van der Waals surface area contributed by atoms with Crippen LogP contribution in [0.15, 0.2) is 64.8 Å². The summed E-state index contributed by atoms with van der Waals surface area (Å²) in [7, 11) is 0. The third-order valence-corrected chi connectivity index (χ3v) is 2.87. The molecule has 0 aromatic heterocycles. The average molecular weight is 297 g/mol. The average Bonchev–Trinajstić information content (AvgIpc) is 2.55. The molecular formula is C17H19N3O2. The largest absolute Gasteiger partial charge is 0.381 e. The van der Waals surface area contributed by atoms with Crippen molar-refractivity contribution in [1.82, 2.24) is 0 Å². The molecule has 0 saturated heterocycles. The van der Waals surface area contributed by atoms with Crippen LogP contribution in [-0.4, -0.2) is 19.1 Å². The first-order valence-electron chi connectivity index (χ1n) is 7.22. The zero-order chi connectivity index (χ0) is 15.6. The normalized spacial score (nSPS) is 10.8. The number of hydrogen-bond acceptors (Lipinski definition) is 4. The number of carbonyl (C=O) groups excluding carboxylic acids is 1. The molecule has 0 fully saturated rings. The van der Waals surface area contributed by atoms with Crippen molar-refractivity contribution in [2.75, 3.05) is 18.5 Å². The first kappa shape index (κ1) is 15.9. The summed E-state index contributed by atoms with van der Waals surface area (Å²) in [5.74, 6) is -0.0629. The van der Waals surface area contributed by atoms with E-state index in [0.29, 0.717) is 19.6 Å². The molecule has 2 aromatic rings. The summed E-state index contributed by atoms with van der Waals surface area (Å²) in [6.07, 6.45) is 0.351. The SMILES string of the molecule is CCOCCC(=O)Nc1ccc(N=Nc2ccccc2)cc1. The Morgan fingerprint density at radius 1 is 1.00 bits per heavy atom. The topological polar surface area (TPSA) is 63.0 Å². The van der Waals surface area contributed by atoms with Crippen LogP contribution >= 0.6 is 0 Å². The lowest BCUT2D eigenvalue weighted by atomic mass is 10.3. The van der Waals surface area contributed by atoms with Gasteiger partial charge in [-0.2, -0.15) is 10.2 Å². The molecule has 114 valence electrons. The number of anilines is 1. The number of nitrogens with one attached hydrogen (secondary N) is 1. The Balaban J connectivity index is 1.87. The van der Waals surface area contributed by atoms with Crippen molar-refractivity contribution in [1.29, 1.82) is 0 Å². The molecule has 22 heavy (non-hydrogen) atoms. The Kier molecular flexibility index (Phi) is 6.26. The van der Waals surface area contributed by atoms with Crippen molar-refractivity contribution in [3.63, 3.8) is 0 Å². The Morgan fingerprint density at radius 2 is 1.64 bits per heavy atom. The zero-order valence-electron chi connectivity index (χ0n) is 12.5. The van der Waals surface area contributed by atoms with Crippen LogP contribution in [0.5, 0.6) is 0 Å². The van der Waals surface area contributed by atoms with E-state index in [1.807, 2.05) is 49.4 Å². The first-order chi connectivity index (χ1) is 10.8. The second-order valence-corrected chi connectivity index (χ2v) is 4.58. The third-order valence-electron chi connectivity index (χ3n) is 2.87. The fourth-order valence-electron chi connectivity index (χ4n) is 1.75. The lowest BCUT2D eigenvalue weighted by Crippen LogP contribution is -2.13. The summed E-state index contributed by atoms with van der Waals surface area (Å²) in [5.41, 5.74) is 2.27. The number of azo groups is 1. The molecule has 0 spiro atoms. The smallest absolute Gasteiger partial charge is 0.226 e. The van der Waals surface area contributed by atoms with Crippen LogP contribution in [0, 0.1) is 0 Å². The maximum atomic E-state index is 11.6. The van der Waals surface area contributed by atoms with Crippen molar-refractivity contribution >= 4 is 23.0 Å². The van der Waals surface area contributed by atoms with Crippen LogP contribution in [0.1, 0.15) is 13.3 Å². The molecule has 1 N–H and O–H groups in total. The van der Waals surface area contributed by atoms with Gasteiger partial charge in [0.2, 0.25) is 5.91 Å². The van der Waals surface area contributed by atoms with Gasteiger partial charge in [0.25, 0.3) is 0 Å². The van der Waals surface area contributed by atoms with Crippen LogP contribution in [0.3, 0.4) is 0 Å². The van der Waals surface area contributed by atoms with Gasteiger partial charge in [-0.3, -0.25) is 4.79 Å². The zero-order valence-corrected chi connectivity index (χ0v) is 12.5. The van der Waals surface area contributed by atoms with E-state index < -0.39 is 0 Å². The van der Waals surface area contributed by atoms with Crippen LogP contribution in [0.4, 0.5) is 17.1 Å². The minimum Gasteiger partial charge on any atom is -0.381 e. The minimum absolute atomic E-state index is 0.0629. The lowest BCUT2D eigenvalue weighted by molar-refractivity contribution is -0.117. The summed E-state index contributed by atoms with van der Waals surface area (Å²) in [6, 6.07) is 16.8. The number of benzene rings is 2. The molecule has 0 bridgehead atoms. The Morgan fingerprint density at radius 3 is 2.27 bits per heavy atom. The van der Waals surface area contributed by atoms with Crippen molar-refractivity contribution in [3.05, 3.63) is 54.6 Å². The van der Waals surface area contributed by atoms with Gasteiger partial charge >= 0.3 is 0 Å². The van der Waals surface area contributed by atoms with Gasteiger partial charge in [-0.15, -0.1) is 0 Å². The van der Waals surface area contributed by atoms with E-state index in [0.717, 1.165) is 17.1 Å². The standard InChI is InChI=1S/C17H19N3O2/c1-2-22-13-12-17(21)18-14-8-10-16(11-9-14)20-19-15-6-4-3-5-7-15/h3-11H,2,12-13H2,1H3,(H,18,21). The highest BCUT2D eigenvalue weighted by Crippen LogP contribution is 2.20. The van der Waals surface area contributed by atoms with E-state index in [4.69, 9.17) is 4.74 Å². The monoisotopic (exact) mass is 297 g/mol. The van der Waals surface area contributed by atoms with E-state index in [-0.39, 0.29) is 5.91 Å². The van der Waals surface area contributed by atoms with E-state index >= 15 is 0 Å². The fourth-order valence-corrected chi connectivity index (χ4v) is 1.75. The van der Waals surface area contributed by atoms with Crippen molar-refractivity contribution in [2.45, 2.75) is 13.3 Å². The van der Waals surface area contributed by atoms with Gasteiger partial charge in [0.15, 0.2) is 0 Å². The van der Waals surface area contributed by atoms with Gasteiger partial charge in [-0.25, -0.2) is 0 Å². The predicted octanol–water partition coefficient (Wildman–Crippen LogP) is 4.47. The van der Waals surface area contributed by atoms with Gasteiger partial charge in [-0.1, -0.05) is 18.2 Å². The molecule has 5 heteroatoms. The molecule has 5 nitrogen and oxygen atoms in total. The van der Waals surface area contributed by atoms with E-state index in [1.165, 1.54) is 0 Å². The highest BCUT2D eigenvalue weighted by atomic mass is 16.5. The highest BCUT2D eigenvalue weighted by Gasteiger charge is 2.02. The van der Waals surface area contributed by atoms with Crippen LogP contribution < -0.4 is 5.32 Å². The first-order valence-corrected chi connectivity index (χ1v) is 7.22. The number of nitrogens with zero attached hydrogens (tertiary/aromatic N) is 2. The van der Waals surface area contributed by atoms with Gasteiger partial charge in [0.1, 0.15) is 0 Å². The Bertz CT molecular complexity index is 610. The van der Waals surface area contributed by atoms with Gasteiger partial charge in [-0.05, 0) is 43.3 Å².